The van der Waals surface area contributed by atoms with Gasteiger partial charge < -0.3 is 13.3 Å². The first-order valence-electron chi connectivity index (χ1n) is 13.7. The van der Waals surface area contributed by atoms with Gasteiger partial charge in [0.2, 0.25) is 5.89 Å². The third kappa shape index (κ3) is 5.88. The van der Waals surface area contributed by atoms with Gasteiger partial charge in [-0.05, 0) is 30.9 Å². The predicted molar refractivity (Wildman–Crippen MR) is 147 cm³/mol. The predicted octanol–water partition coefficient (Wildman–Crippen LogP) is 8.66. The van der Waals surface area contributed by atoms with Crippen LogP contribution in [0.15, 0.2) is 37.5 Å². The number of furan rings is 1. The summed E-state index contributed by atoms with van der Waals surface area (Å²) in [6.45, 7) is 4.39. The number of Topliss-reactive ketones (excluding diaryl/α,β-unsaturated/α-hetero) is 1. The Morgan fingerprint density at radius 1 is 0.730 bits per heavy atom. The number of carbonyl (C=O) groups excluding carboxylic acids is 1. The number of fused-ring (bicyclic) bond motifs is 5. The van der Waals surface area contributed by atoms with Gasteiger partial charge >= 0.3 is 0 Å². The van der Waals surface area contributed by atoms with E-state index in [1.165, 1.54) is 25.7 Å². The van der Waals surface area contributed by atoms with E-state index in [-0.39, 0.29) is 12.2 Å². The van der Waals surface area contributed by atoms with Crippen molar-refractivity contribution in [2.24, 2.45) is 0 Å². The highest BCUT2D eigenvalue weighted by Gasteiger charge is 2.16. The molecule has 2 aromatic carbocycles. The first-order chi connectivity index (χ1) is 18.1. The van der Waals surface area contributed by atoms with Crippen LogP contribution in [0.1, 0.15) is 96.3 Å². The number of carbonyl (C=O) groups is 1. The zero-order valence-corrected chi connectivity index (χ0v) is 21.8. The fourth-order valence-corrected chi connectivity index (χ4v) is 4.76. The second-order valence-corrected chi connectivity index (χ2v) is 9.85. The van der Waals surface area contributed by atoms with Crippen molar-refractivity contribution >= 4 is 49.9 Å². The number of unbranched alkanes of at least 4 members (excludes halogenated alkanes) is 8. The molecule has 0 radical (unpaired) electrons. The molecule has 0 saturated heterocycles. The molecule has 6 heteroatoms. The number of ketones is 1. The van der Waals surface area contributed by atoms with E-state index in [2.05, 4.69) is 35.7 Å². The summed E-state index contributed by atoms with van der Waals surface area (Å²) in [4.78, 5) is 21.5. The Morgan fingerprint density at radius 3 is 2.11 bits per heavy atom. The number of hydrogen-bond acceptors (Lipinski definition) is 6. The van der Waals surface area contributed by atoms with Gasteiger partial charge in [-0.3, -0.25) is 4.79 Å². The van der Waals surface area contributed by atoms with Crippen LogP contribution in [0.2, 0.25) is 0 Å². The summed E-state index contributed by atoms with van der Waals surface area (Å²) in [5, 5.41) is 1.86. The molecule has 37 heavy (non-hydrogen) atoms. The molecule has 0 unspecified atom stereocenters. The fraction of sp³-hybridized carbons (Fsp3) is 0.452. The number of oxazole rings is 2. The smallest absolute Gasteiger partial charge is 0.274 e. The molecule has 0 atom stereocenters. The van der Waals surface area contributed by atoms with Gasteiger partial charge in [0.1, 0.15) is 28.0 Å². The monoisotopic (exact) mass is 498 g/mol. The SMILES string of the molecule is CCCCCCCC#Cc1nc2cc3c(cc2o1)oc1cc2oc(CC(=O)CCCCCC)nc2cc13. The van der Waals surface area contributed by atoms with Gasteiger partial charge in [0, 0.05) is 35.7 Å². The lowest BCUT2D eigenvalue weighted by molar-refractivity contribution is -0.118. The molecule has 5 aromatic rings. The normalized spacial score (nSPS) is 11.6. The van der Waals surface area contributed by atoms with Crippen molar-refractivity contribution in [3.8, 4) is 11.8 Å². The van der Waals surface area contributed by atoms with Gasteiger partial charge in [0.15, 0.2) is 11.2 Å². The minimum Gasteiger partial charge on any atom is -0.456 e. The zero-order valence-electron chi connectivity index (χ0n) is 21.8. The largest absolute Gasteiger partial charge is 0.456 e. The molecule has 0 fully saturated rings. The Balaban J connectivity index is 1.33. The van der Waals surface area contributed by atoms with E-state index in [0.717, 1.165) is 60.3 Å². The lowest BCUT2D eigenvalue weighted by atomic mass is 10.1. The summed E-state index contributed by atoms with van der Waals surface area (Å²) in [6, 6.07) is 7.65. The molecule has 0 saturated carbocycles. The van der Waals surface area contributed by atoms with Crippen LogP contribution in [-0.2, 0) is 11.2 Å². The Hall–Kier alpha value is -3.59. The average Bonchev–Trinajstić information content (AvgIpc) is 3.56. The van der Waals surface area contributed by atoms with Crippen molar-refractivity contribution < 1.29 is 18.0 Å². The maximum absolute atomic E-state index is 12.3. The molecule has 0 spiro atoms. The molecule has 3 heterocycles. The molecule has 0 aliphatic heterocycles. The number of hydrogen-bond donors (Lipinski definition) is 0. The molecule has 192 valence electrons. The first kappa shape index (κ1) is 25.1. The minimum atomic E-state index is 0.167. The molecular weight excluding hydrogens is 464 g/mol. The number of aromatic nitrogens is 2. The molecule has 0 aliphatic carbocycles. The van der Waals surface area contributed by atoms with E-state index in [1.807, 2.05) is 24.3 Å². The van der Waals surface area contributed by atoms with Crippen LogP contribution in [0.4, 0.5) is 0 Å². The number of benzene rings is 2. The summed E-state index contributed by atoms with van der Waals surface area (Å²) in [7, 11) is 0. The van der Waals surface area contributed by atoms with Gasteiger partial charge in [-0.25, -0.2) is 9.97 Å². The summed E-state index contributed by atoms with van der Waals surface area (Å²) in [6.07, 6.45) is 12.1. The minimum absolute atomic E-state index is 0.167. The maximum Gasteiger partial charge on any atom is 0.274 e. The Labute approximate surface area is 216 Å². The second kappa shape index (κ2) is 11.6. The fourth-order valence-electron chi connectivity index (χ4n) is 4.76. The van der Waals surface area contributed by atoms with Crippen LogP contribution < -0.4 is 0 Å². The quantitative estimate of drug-likeness (QED) is 0.126. The van der Waals surface area contributed by atoms with Crippen LogP contribution in [0.25, 0.3) is 44.1 Å². The zero-order chi connectivity index (χ0) is 25.6. The molecule has 0 aliphatic rings. The molecular formula is C31H34N2O4. The van der Waals surface area contributed by atoms with Crippen molar-refractivity contribution in [2.75, 3.05) is 0 Å². The second-order valence-electron chi connectivity index (χ2n) is 9.85. The third-order valence-corrected chi connectivity index (χ3v) is 6.79. The molecule has 0 N–H and O–H groups in total. The molecule has 3 aromatic heterocycles. The van der Waals surface area contributed by atoms with Crippen LogP contribution in [0.3, 0.4) is 0 Å². The highest BCUT2D eigenvalue weighted by atomic mass is 16.4. The van der Waals surface area contributed by atoms with Gasteiger partial charge in [-0.1, -0.05) is 64.7 Å². The van der Waals surface area contributed by atoms with Crippen LogP contribution >= 0.6 is 0 Å². The molecule has 0 bridgehead atoms. The number of nitrogens with zero attached hydrogens (tertiary/aromatic N) is 2. The maximum atomic E-state index is 12.3. The Morgan fingerprint density at radius 2 is 1.38 bits per heavy atom. The molecule has 5 rings (SSSR count). The Bertz CT molecular complexity index is 1590. The van der Waals surface area contributed by atoms with Gasteiger partial charge in [-0.2, -0.15) is 0 Å². The van der Waals surface area contributed by atoms with E-state index in [9.17, 15) is 4.79 Å². The average molecular weight is 499 g/mol. The Kier molecular flexibility index (Phi) is 7.89. The summed E-state index contributed by atoms with van der Waals surface area (Å²) >= 11 is 0. The summed E-state index contributed by atoms with van der Waals surface area (Å²) in [5.41, 5.74) is 4.15. The van der Waals surface area contributed by atoms with E-state index in [4.69, 9.17) is 13.3 Å². The van der Waals surface area contributed by atoms with Crippen molar-refractivity contribution in [3.63, 3.8) is 0 Å². The highest BCUT2D eigenvalue weighted by molar-refractivity contribution is 6.11. The van der Waals surface area contributed by atoms with Crippen LogP contribution in [-0.4, -0.2) is 15.8 Å². The van der Waals surface area contributed by atoms with Crippen molar-refractivity contribution in [1.82, 2.24) is 9.97 Å². The van der Waals surface area contributed by atoms with E-state index < -0.39 is 0 Å². The highest BCUT2D eigenvalue weighted by Crippen LogP contribution is 2.35. The lowest BCUT2D eigenvalue weighted by Crippen LogP contribution is -2.02. The van der Waals surface area contributed by atoms with E-state index >= 15 is 0 Å². The van der Waals surface area contributed by atoms with Crippen LogP contribution in [0.5, 0.6) is 0 Å². The molecule has 6 nitrogen and oxygen atoms in total. The standard InChI is InChI=1S/C31H34N2O4/c1-3-5-7-9-10-11-13-15-30-32-24-17-22-23-18-25-29(20-27(23)35-26(22)19-28(24)36-30)37-31(33-25)16-21(34)14-12-8-6-4-2/h17-20H,3-12,14,16H2,1-2H3. The van der Waals surface area contributed by atoms with Crippen molar-refractivity contribution in [3.05, 3.63) is 36.0 Å². The van der Waals surface area contributed by atoms with E-state index in [1.54, 1.807) is 0 Å². The molecule has 0 amide bonds. The van der Waals surface area contributed by atoms with E-state index in [0.29, 0.717) is 40.5 Å². The summed E-state index contributed by atoms with van der Waals surface area (Å²) < 4.78 is 17.9. The van der Waals surface area contributed by atoms with Gasteiger partial charge in [0.25, 0.3) is 5.89 Å². The third-order valence-electron chi connectivity index (χ3n) is 6.79. The van der Waals surface area contributed by atoms with Gasteiger partial charge in [0.05, 0.1) is 6.42 Å². The topological polar surface area (TPSA) is 82.3 Å². The first-order valence-corrected chi connectivity index (χ1v) is 13.7. The summed E-state index contributed by atoms with van der Waals surface area (Å²) in [5.74, 6) is 7.31. The van der Waals surface area contributed by atoms with Crippen molar-refractivity contribution in [2.45, 2.75) is 90.9 Å². The number of rotatable bonds is 12. The van der Waals surface area contributed by atoms with Gasteiger partial charge in [-0.15, -0.1) is 0 Å². The lowest BCUT2D eigenvalue weighted by Gasteiger charge is -1.97. The van der Waals surface area contributed by atoms with Crippen LogP contribution in [0, 0.1) is 11.8 Å². The van der Waals surface area contributed by atoms with Crippen molar-refractivity contribution in [1.29, 1.82) is 0 Å².